The minimum atomic E-state index is -0.799. The highest BCUT2D eigenvalue weighted by atomic mass is 35.5. The maximum absolute atomic E-state index is 17.1. The highest BCUT2D eigenvalue weighted by Gasteiger charge is 2.46. The van der Waals surface area contributed by atoms with Gasteiger partial charge in [0.2, 0.25) is 0 Å². The number of nitriles is 1. The third-order valence-electron chi connectivity index (χ3n) is 9.03. The molecule has 3 aromatic heterocycles. The number of halogens is 3. The Labute approximate surface area is 272 Å². The summed E-state index contributed by atoms with van der Waals surface area (Å²) < 4.78 is 44.6. The van der Waals surface area contributed by atoms with E-state index in [0.29, 0.717) is 24.8 Å². The molecule has 0 radical (unpaired) electrons. The van der Waals surface area contributed by atoms with Gasteiger partial charge in [-0.05, 0) is 51.6 Å². The SMILES string of the molecule is C[C@H](c1cccnc1N)N1CCOc2c(Cl)c(-c3ccc(F)c4sc(N)c(C#N)c34)c(F)c3nc(OCC4(N(C)C)CC4)nc1c23. The average Bonchev–Trinajstić information content (AvgIpc) is 3.79. The zero-order chi connectivity index (χ0) is 32.5. The number of likely N-dealkylation sites (N-methyl/N-ethyl adjacent to an activating group) is 1. The number of nitrogens with zero attached hydrogens (tertiary/aromatic N) is 6. The van der Waals surface area contributed by atoms with Gasteiger partial charge in [-0.3, -0.25) is 0 Å². The number of fused-ring (bicyclic) bond motifs is 1. The summed E-state index contributed by atoms with van der Waals surface area (Å²) in [6.07, 6.45) is 3.50. The van der Waals surface area contributed by atoms with Crippen LogP contribution < -0.4 is 25.8 Å². The van der Waals surface area contributed by atoms with E-state index in [1.165, 1.54) is 12.1 Å². The van der Waals surface area contributed by atoms with E-state index in [4.69, 9.17) is 37.5 Å². The van der Waals surface area contributed by atoms with E-state index in [9.17, 15) is 9.65 Å². The molecule has 1 atom stereocenters. The van der Waals surface area contributed by atoms with Gasteiger partial charge >= 0.3 is 6.01 Å². The first-order valence-electron chi connectivity index (χ1n) is 14.6. The van der Waals surface area contributed by atoms with Crippen molar-refractivity contribution in [3.05, 3.63) is 58.2 Å². The number of hydrogen-bond acceptors (Lipinski definition) is 11. The standard InChI is InChI=1S/C32H29ClF2N8O2S/c1-15(16-5-4-10-39-28(16)37)43-11-12-44-26-22-25(40-31(41-30(22)43)45-14-32(8-9-32)42(2)3)24(35)21(23(26)33)17-6-7-19(34)27-20(17)18(13-36)29(38)46-27/h4-7,10,15H,8-9,11-12,14,38H2,1-3H3,(H2,37,39)/t15-/m1/s1. The van der Waals surface area contributed by atoms with Gasteiger partial charge in [-0.25, -0.2) is 13.8 Å². The number of nitrogens with two attached hydrogens (primary N) is 2. The number of ether oxygens (including phenoxy) is 2. The summed E-state index contributed by atoms with van der Waals surface area (Å²) in [6, 6.07) is 7.92. The fourth-order valence-electron chi connectivity index (χ4n) is 6.13. The Bertz CT molecular complexity index is 2100. The fourth-order valence-corrected chi connectivity index (χ4v) is 7.42. The maximum atomic E-state index is 17.1. The molecule has 1 aliphatic carbocycles. The molecule has 10 nitrogen and oxygen atoms in total. The molecule has 0 saturated heterocycles. The Balaban J connectivity index is 1.50. The molecule has 1 saturated carbocycles. The number of hydrogen-bond donors (Lipinski definition) is 2. The molecular weight excluding hydrogens is 634 g/mol. The first kappa shape index (κ1) is 30.2. The summed E-state index contributed by atoms with van der Waals surface area (Å²) >= 11 is 7.93. The number of thiophene rings is 1. The van der Waals surface area contributed by atoms with Gasteiger partial charge in [0.25, 0.3) is 0 Å². The summed E-state index contributed by atoms with van der Waals surface area (Å²) in [5.41, 5.74) is 13.0. The number of rotatable bonds is 7. The smallest absolute Gasteiger partial charge is 0.319 e. The summed E-state index contributed by atoms with van der Waals surface area (Å²) in [7, 11) is 3.97. The van der Waals surface area contributed by atoms with E-state index < -0.39 is 11.6 Å². The van der Waals surface area contributed by atoms with Crippen molar-refractivity contribution in [2.75, 3.05) is 50.2 Å². The third kappa shape index (κ3) is 4.62. The van der Waals surface area contributed by atoms with Crippen LogP contribution >= 0.6 is 22.9 Å². The molecule has 1 fully saturated rings. The van der Waals surface area contributed by atoms with Crippen LogP contribution in [0, 0.1) is 23.0 Å². The average molecular weight is 663 g/mol. The minimum Gasteiger partial charge on any atom is -0.489 e. The molecule has 2 aromatic carbocycles. The van der Waals surface area contributed by atoms with Gasteiger partial charge in [0.05, 0.1) is 38.8 Å². The zero-order valence-corrected chi connectivity index (χ0v) is 26.8. The molecule has 0 unspecified atom stereocenters. The van der Waals surface area contributed by atoms with Crippen molar-refractivity contribution in [3.8, 4) is 29.0 Å². The third-order valence-corrected chi connectivity index (χ3v) is 10.4. The number of benzene rings is 2. The van der Waals surface area contributed by atoms with Crippen LogP contribution in [0.25, 0.3) is 32.1 Å². The zero-order valence-electron chi connectivity index (χ0n) is 25.2. The van der Waals surface area contributed by atoms with Crippen molar-refractivity contribution >= 4 is 60.6 Å². The van der Waals surface area contributed by atoms with Crippen molar-refractivity contribution in [1.82, 2.24) is 19.9 Å². The molecule has 4 N–H and O–H groups in total. The van der Waals surface area contributed by atoms with Crippen LogP contribution in [0.15, 0.2) is 30.5 Å². The number of aromatic nitrogens is 3. The van der Waals surface area contributed by atoms with Crippen LogP contribution in [-0.4, -0.2) is 59.2 Å². The van der Waals surface area contributed by atoms with Crippen LogP contribution in [0.1, 0.15) is 36.9 Å². The lowest BCUT2D eigenvalue weighted by atomic mass is 9.96. The van der Waals surface area contributed by atoms with Crippen LogP contribution in [0.4, 0.5) is 25.4 Å². The second kappa shape index (κ2) is 11.1. The predicted molar refractivity (Wildman–Crippen MR) is 175 cm³/mol. The van der Waals surface area contributed by atoms with Crippen molar-refractivity contribution < 1.29 is 18.3 Å². The van der Waals surface area contributed by atoms with Gasteiger partial charge in [-0.1, -0.05) is 23.7 Å². The molecule has 2 aliphatic rings. The highest BCUT2D eigenvalue weighted by Crippen LogP contribution is 2.51. The van der Waals surface area contributed by atoms with E-state index >= 15 is 4.39 Å². The van der Waals surface area contributed by atoms with Gasteiger partial charge in [-0.2, -0.15) is 15.2 Å². The number of pyridine rings is 1. The van der Waals surface area contributed by atoms with Crippen LogP contribution in [0.2, 0.25) is 5.02 Å². The van der Waals surface area contributed by atoms with Gasteiger partial charge < -0.3 is 30.7 Å². The number of nitrogen functional groups attached to an aromatic ring is 2. The Hall–Kier alpha value is -4.51. The lowest BCUT2D eigenvalue weighted by Gasteiger charge is -2.30. The Kier molecular flexibility index (Phi) is 7.26. The van der Waals surface area contributed by atoms with Crippen molar-refractivity contribution in [1.29, 1.82) is 5.26 Å². The van der Waals surface area contributed by atoms with E-state index in [1.54, 1.807) is 12.3 Å². The fraction of sp³-hybridized carbons (Fsp3) is 0.312. The van der Waals surface area contributed by atoms with Crippen LogP contribution in [-0.2, 0) is 0 Å². The van der Waals surface area contributed by atoms with Crippen LogP contribution in [0.3, 0.4) is 0 Å². The minimum absolute atomic E-state index is 0.0197. The maximum Gasteiger partial charge on any atom is 0.319 e. The van der Waals surface area contributed by atoms with Gasteiger partial charge in [0, 0.05) is 22.7 Å². The molecular formula is C32H29ClF2N8O2S. The monoisotopic (exact) mass is 662 g/mol. The largest absolute Gasteiger partial charge is 0.489 e. The predicted octanol–water partition coefficient (Wildman–Crippen LogP) is 6.31. The lowest BCUT2D eigenvalue weighted by Crippen LogP contribution is -2.36. The van der Waals surface area contributed by atoms with E-state index in [-0.39, 0.29) is 77.7 Å². The Morgan fingerprint density at radius 2 is 2.00 bits per heavy atom. The molecule has 4 heterocycles. The second-order valence-corrected chi connectivity index (χ2v) is 13.2. The first-order valence-corrected chi connectivity index (χ1v) is 15.8. The highest BCUT2D eigenvalue weighted by molar-refractivity contribution is 7.23. The topological polar surface area (TPSA) is 139 Å². The van der Waals surface area contributed by atoms with Gasteiger partial charge in [-0.15, -0.1) is 11.3 Å². The summed E-state index contributed by atoms with van der Waals surface area (Å²) in [4.78, 5) is 17.7. The Morgan fingerprint density at radius 3 is 2.70 bits per heavy atom. The summed E-state index contributed by atoms with van der Waals surface area (Å²) in [5, 5.41) is 10.4. The molecule has 5 aromatic rings. The van der Waals surface area contributed by atoms with Crippen molar-refractivity contribution in [2.45, 2.75) is 31.3 Å². The van der Waals surface area contributed by atoms with E-state index in [2.05, 4.69) is 14.9 Å². The molecule has 14 heteroatoms. The molecule has 0 bridgehead atoms. The molecule has 236 valence electrons. The quantitative estimate of drug-likeness (QED) is 0.204. The molecule has 0 amide bonds. The first-order chi connectivity index (χ1) is 22.1. The summed E-state index contributed by atoms with van der Waals surface area (Å²) in [5.74, 6) is -0.515. The summed E-state index contributed by atoms with van der Waals surface area (Å²) in [6.45, 7) is 2.75. The van der Waals surface area contributed by atoms with Crippen molar-refractivity contribution in [3.63, 3.8) is 0 Å². The van der Waals surface area contributed by atoms with E-state index in [1.807, 2.05) is 38.1 Å². The number of anilines is 3. The normalized spacial score (nSPS) is 15.9. The second-order valence-electron chi connectivity index (χ2n) is 11.7. The van der Waals surface area contributed by atoms with Crippen LogP contribution in [0.5, 0.6) is 11.8 Å². The van der Waals surface area contributed by atoms with Gasteiger partial charge in [0.15, 0.2) is 11.6 Å². The lowest BCUT2D eigenvalue weighted by molar-refractivity contribution is 0.159. The molecule has 7 rings (SSSR count). The Morgan fingerprint density at radius 1 is 1.22 bits per heavy atom. The molecule has 46 heavy (non-hydrogen) atoms. The molecule has 1 aliphatic heterocycles. The van der Waals surface area contributed by atoms with Crippen molar-refractivity contribution in [2.24, 2.45) is 0 Å². The van der Waals surface area contributed by atoms with Gasteiger partial charge in [0.1, 0.15) is 47.3 Å². The van der Waals surface area contributed by atoms with E-state index in [0.717, 1.165) is 29.7 Å². The molecule has 0 spiro atoms.